The first-order valence-corrected chi connectivity index (χ1v) is 6.65. The average molecular weight is 256 g/mol. The average Bonchev–Trinajstić information content (AvgIpc) is 2.28. The van der Waals surface area contributed by atoms with Crippen LogP contribution in [0.5, 0.6) is 0 Å². The van der Waals surface area contributed by atoms with Gasteiger partial charge in [0, 0.05) is 18.6 Å². The molecule has 1 saturated heterocycles. The van der Waals surface area contributed by atoms with E-state index >= 15 is 0 Å². The highest BCUT2D eigenvalue weighted by Crippen LogP contribution is 2.18. The van der Waals surface area contributed by atoms with Crippen molar-refractivity contribution in [1.82, 2.24) is 10.2 Å². The Labute approximate surface area is 109 Å². The molecule has 0 bridgehead atoms. The van der Waals surface area contributed by atoms with Crippen molar-refractivity contribution in [2.75, 3.05) is 13.1 Å². The summed E-state index contributed by atoms with van der Waals surface area (Å²) in [6.07, 6.45) is 3.34. The van der Waals surface area contributed by atoms with Crippen molar-refractivity contribution in [3.05, 3.63) is 0 Å². The van der Waals surface area contributed by atoms with Gasteiger partial charge in [-0.3, -0.25) is 4.79 Å². The summed E-state index contributed by atoms with van der Waals surface area (Å²) in [7, 11) is 0. The fraction of sp³-hybridized carbons (Fsp3) is 0.846. The molecule has 1 fully saturated rings. The number of carboxylic acid groups (broad SMARTS) is 1. The summed E-state index contributed by atoms with van der Waals surface area (Å²) < 4.78 is 0. The zero-order valence-electron chi connectivity index (χ0n) is 11.5. The molecule has 2 amide bonds. The maximum Gasteiger partial charge on any atom is 0.317 e. The number of aliphatic carboxylic acids is 1. The zero-order chi connectivity index (χ0) is 13.8. The molecule has 2 N–H and O–H groups in total. The Bertz CT molecular complexity index is 315. The van der Waals surface area contributed by atoms with Crippen molar-refractivity contribution in [3.63, 3.8) is 0 Å². The van der Waals surface area contributed by atoms with E-state index in [0.717, 1.165) is 19.3 Å². The summed E-state index contributed by atoms with van der Waals surface area (Å²) in [4.78, 5) is 24.7. The molecule has 104 valence electrons. The van der Waals surface area contributed by atoms with Gasteiger partial charge in [-0.2, -0.15) is 0 Å². The minimum absolute atomic E-state index is 0.139. The number of likely N-dealkylation sites (tertiary alicyclic amines) is 1. The molecule has 5 heteroatoms. The number of urea groups is 1. The molecular weight excluding hydrogens is 232 g/mol. The highest BCUT2D eigenvalue weighted by atomic mass is 16.4. The summed E-state index contributed by atoms with van der Waals surface area (Å²) in [5.41, 5.74) is -0.234. The van der Waals surface area contributed by atoms with Crippen LogP contribution in [-0.2, 0) is 4.79 Å². The number of hydrogen-bond donors (Lipinski definition) is 2. The normalized spacial score (nSPS) is 20.6. The molecule has 1 heterocycles. The summed E-state index contributed by atoms with van der Waals surface area (Å²) >= 11 is 0. The van der Waals surface area contributed by atoms with E-state index in [1.807, 2.05) is 13.8 Å². The number of piperidine rings is 1. The molecule has 0 radical (unpaired) electrons. The zero-order valence-corrected chi connectivity index (χ0v) is 11.5. The predicted molar refractivity (Wildman–Crippen MR) is 69.5 cm³/mol. The summed E-state index contributed by atoms with van der Waals surface area (Å²) in [6.45, 7) is 7.04. The molecule has 0 aromatic heterocycles. The van der Waals surface area contributed by atoms with E-state index in [4.69, 9.17) is 5.11 Å². The number of hydrogen-bond acceptors (Lipinski definition) is 2. The summed E-state index contributed by atoms with van der Waals surface area (Å²) in [5.74, 6) is -1.22. The van der Waals surface area contributed by atoms with Crippen LogP contribution in [0, 0.1) is 5.92 Å². The minimum Gasteiger partial charge on any atom is -0.481 e. The minimum atomic E-state index is -0.805. The van der Waals surface area contributed by atoms with E-state index in [2.05, 4.69) is 12.2 Å². The smallest absolute Gasteiger partial charge is 0.317 e. The highest BCUT2D eigenvalue weighted by molar-refractivity contribution is 5.77. The first-order valence-electron chi connectivity index (χ1n) is 6.65. The Kier molecular flexibility index (Phi) is 4.99. The number of carbonyl (C=O) groups is 2. The SMILES string of the molecule is CCCC(C)(C)NC(=O)N1CCCC(C(=O)O)C1. The van der Waals surface area contributed by atoms with Crippen LogP contribution in [0.2, 0.25) is 0 Å². The molecule has 1 rings (SSSR count). The van der Waals surface area contributed by atoms with Gasteiger partial charge >= 0.3 is 12.0 Å². The first kappa shape index (κ1) is 14.8. The van der Waals surface area contributed by atoms with Crippen LogP contribution in [-0.4, -0.2) is 40.6 Å². The molecule has 0 spiro atoms. The Morgan fingerprint density at radius 2 is 2.11 bits per heavy atom. The van der Waals surface area contributed by atoms with Gasteiger partial charge in [-0.15, -0.1) is 0 Å². The van der Waals surface area contributed by atoms with E-state index in [0.29, 0.717) is 19.5 Å². The first-order chi connectivity index (χ1) is 8.35. The van der Waals surface area contributed by atoms with Gasteiger partial charge in [0.2, 0.25) is 0 Å². The lowest BCUT2D eigenvalue weighted by molar-refractivity contribution is -0.143. The lowest BCUT2D eigenvalue weighted by atomic mass is 9.97. The molecule has 1 unspecified atom stereocenters. The topological polar surface area (TPSA) is 69.6 Å². The predicted octanol–water partition coefficient (Wildman–Crippen LogP) is 2.07. The van der Waals surface area contributed by atoms with E-state index in [-0.39, 0.29) is 11.6 Å². The van der Waals surface area contributed by atoms with Crippen molar-refractivity contribution in [3.8, 4) is 0 Å². The molecular formula is C13H24N2O3. The lowest BCUT2D eigenvalue weighted by Crippen LogP contribution is -2.53. The van der Waals surface area contributed by atoms with Gasteiger partial charge in [-0.25, -0.2) is 4.79 Å². The number of carbonyl (C=O) groups excluding carboxylic acids is 1. The standard InChI is InChI=1S/C13H24N2O3/c1-4-7-13(2,3)14-12(18)15-8-5-6-10(9-15)11(16)17/h10H,4-9H2,1-3H3,(H,14,18)(H,16,17). The van der Waals surface area contributed by atoms with Gasteiger partial charge in [0.1, 0.15) is 0 Å². The van der Waals surface area contributed by atoms with Crippen molar-refractivity contribution in [2.24, 2.45) is 5.92 Å². The fourth-order valence-corrected chi connectivity index (χ4v) is 2.42. The van der Waals surface area contributed by atoms with Gasteiger partial charge in [0.25, 0.3) is 0 Å². The second kappa shape index (κ2) is 6.07. The lowest BCUT2D eigenvalue weighted by Gasteiger charge is -2.34. The molecule has 5 nitrogen and oxygen atoms in total. The van der Waals surface area contributed by atoms with Crippen LogP contribution < -0.4 is 5.32 Å². The number of rotatable bonds is 4. The molecule has 1 atom stereocenters. The summed E-state index contributed by atoms with van der Waals surface area (Å²) in [6, 6.07) is -0.139. The monoisotopic (exact) mass is 256 g/mol. The molecule has 0 aromatic carbocycles. The third-order valence-corrected chi connectivity index (χ3v) is 3.38. The van der Waals surface area contributed by atoms with Crippen molar-refractivity contribution < 1.29 is 14.7 Å². The molecule has 1 aliphatic rings. The maximum absolute atomic E-state index is 12.1. The highest BCUT2D eigenvalue weighted by Gasteiger charge is 2.30. The molecule has 0 aromatic rings. The van der Waals surface area contributed by atoms with Crippen molar-refractivity contribution >= 4 is 12.0 Å². The van der Waals surface area contributed by atoms with Gasteiger partial charge in [0.05, 0.1) is 5.92 Å². The third-order valence-electron chi connectivity index (χ3n) is 3.38. The van der Waals surface area contributed by atoms with Gasteiger partial charge in [-0.1, -0.05) is 13.3 Å². The van der Waals surface area contributed by atoms with Crippen LogP contribution in [0.25, 0.3) is 0 Å². The Morgan fingerprint density at radius 3 is 2.67 bits per heavy atom. The van der Waals surface area contributed by atoms with Crippen molar-refractivity contribution in [1.29, 1.82) is 0 Å². The van der Waals surface area contributed by atoms with Gasteiger partial charge < -0.3 is 15.3 Å². The molecule has 0 saturated carbocycles. The third kappa shape index (κ3) is 4.20. The quantitative estimate of drug-likeness (QED) is 0.809. The molecule has 0 aliphatic carbocycles. The molecule has 1 aliphatic heterocycles. The number of nitrogens with one attached hydrogen (secondary N) is 1. The van der Waals surface area contributed by atoms with Crippen molar-refractivity contribution in [2.45, 2.75) is 52.0 Å². The van der Waals surface area contributed by atoms with E-state index in [1.165, 1.54) is 0 Å². The maximum atomic E-state index is 12.1. The van der Waals surface area contributed by atoms with Crippen LogP contribution in [0.3, 0.4) is 0 Å². The summed E-state index contributed by atoms with van der Waals surface area (Å²) in [5, 5.41) is 12.0. The number of amides is 2. The van der Waals surface area contributed by atoms with E-state index < -0.39 is 11.9 Å². The van der Waals surface area contributed by atoms with Crippen LogP contribution in [0.15, 0.2) is 0 Å². The Balaban J connectivity index is 2.53. The number of carboxylic acids is 1. The fourth-order valence-electron chi connectivity index (χ4n) is 2.42. The van der Waals surface area contributed by atoms with Crippen LogP contribution >= 0.6 is 0 Å². The second-order valence-electron chi connectivity index (χ2n) is 5.69. The number of nitrogens with zero attached hydrogens (tertiary/aromatic N) is 1. The van der Waals surface area contributed by atoms with Gasteiger partial charge in [-0.05, 0) is 33.1 Å². The van der Waals surface area contributed by atoms with E-state index in [9.17, 15) is 9.59 Å². The van der Waals surface area contributed by atoms with Crippen LogP contribution in [0.4, 0.5) is 4.79 Å². The molecule has 18 heavy (non-hydrogen) atoms. The second-order valence-corrected chi connectivity index (χ2v) is 5.69. The van der Waals surface area contributed by atoms with Crippen LogP contribution in [0.1, 0.15) is 46.5 Å². The Hall–Kier alpha value is -1.26. The van der Waals surface area contributed by atoms with Gasteiger partial charge in [0.15, 0.2) is 0 Å². The Morgan fingerprint density at radius 1 is 1.44 bits per heavy atom. The van der Waals surface area contributed by atoms with E-state index in [1.54, 1.807) is 4.90 Å². The largest absolute Gasteiger partial charge is 0.481 e.